The number of ether oxygens (including phenoxy) is 2. The minimum absolute atomic E-state index is 0.0667. The second kappa shape index (κ2) is 42.5. The van der Waals surface area contributed by atoms with Crippen LogP contribution in [0, 0.1) is 0 Å². The zero-order valence-corrected chi connectivity index (χ0v) is 33.9. The summed E-state index contributed by atoms with van der Waals surface area (Å²) in [4.78, 5) is 24.3. The summed E-state index contributed by atoms with van der Waals surface area (Å²) in [5, 5.41) is 9.58. The lowest BCUT2D eigenvalue weighted by atomic mass is 10.0. The molecule has 0 aromatic heterocycles. The number of esters is 2. The summed E-state index contributed by atoms with van der Waals surface area (Å²) in [5.41, 5.74) is 0. The molecule has 0 fully saturated rings. The molecule has 0 spiro atoms. The Morgan fingerprint density at radius 3 is 1.27 bits per heavy atom. The topological polar surface area (TPSA) is 72.8 Å². The number of hydrogen-bond acceptors (Lipinski definition) is 5. The number of aliphatic hydroxyl groups is 1. The monoisotopic (exact) mass is 717 g/mol. The zero-order valence-electron chi connectivity index (χ0n) is 33.9. The van der Waals surface area contributed by atoms with Crippen LogP contribution in [0.25, 0.3) is 0 Å². The lowest BCUT2D eigenvalue weighted by Crippen LogP contribution is -2.28. The molecule has 1 N–H and O–H groups in total. The summed E-state index contributed by atoms with van der Waals surface area (Å²) >= 11 is 0. The molecule has 0 radical (unpaired) electrons. The van der Waals surface area contributed by atoms with Gasteiger partial charge in [0.15, 0.2) is 6.10 Å². The minimum Gasteiger partial charge on any atom is -0.462 e. The molecule has 0 saturated carbocycles. The summed E-state index contributed by atoms with van der Waals surface area (Å²) in [7, 11) is 0. The maximum absolute atomic E-state index is 12.2. The van der Waals surface area contributed by atoms with Crippen molar-refractivity contribution in [2.45, 2.75) is 232 Å². The molecule has 0 amide bonds. The average molecular weight is 717 g/mol. The van der Waals surface area contributed by atoms with Gasteiger partial charge in [-0.05, 0) is 44.9 Å². The van der Waals surface area contributed by atoms with E-state index >= 15 is 0 Å². The highest BCUT2D eigenvalue weighted by atomic mass is 16.6. The van der Waals surface area contributed by atoms with Crippen molar-refractivity contribution in [1.29, 1.82) is 0 Å². The molecule has 0 aliphatic carbocycles. The molecule has 0 aliphatic heterocycles. The van der Waals surface area contributed by atoms with E-state index in [9.17, 15) is 14.7 Å². The third-order valence-electron chi connectivity index (χ3n) is 9.70. The van der Waals surface area contributed by atoms with E-state index in [1.165, 1.54) is 135 Å². The van der Waals surface area contributed by atoms with Gasteiger partial charge in [-0.25, -0.2) is 0 Å². The van der Waals surface area contributed by atoms with Gasteiger partial charge in [0.2, 0.25) is 0 Å². The molecule has 0 bridgehead atoms. The fourth-order valence-electron chi connectivity index (χ4n) is 6.39. The highest BCUT2D eigenvalue weighted by Gasteiger charge is 2.16. The number of carbonyl (C=O) groups excluding carboxylic acids is 2. The van der Waals surface area contributed by atoms with E-state index in [0.717, 1.165) is 64.2 Å². The molecule has 5 nitrogen and oxygen atoms in total. The Balaban J connectivity index is 3.50. The van der Waals surface area contributed by atoms with Gasteiger partial charge in [0.25, 0.3) is 0 Å². The standard InChI is InChI=1S/C46H84O5/c1-3-5-7-9-11-13-15-17-19-21-22-23-25-26-28-30-32-34-36-38-40-45(48)50-43-44(42-47)51-46(49)41-39-37-35-33-31-29-27-24-20-18-16-14-12-10-8-6-4-2/h6,8,12,14,18,20,44,47H,3-5,7,9-11,13,15-17,19,21-43H2,1-2H3/b8-6-,14-12-,20-18-. The summed E-state index contributed by atoms with van der Waals surface area (Å²) in [6.07, 6.45) is 52.2. The number of aliphatic hydroxyl groups excluding tert-OH is 1. The molecular weight excluding hydrogens is 633 g/mol. The van der Waals surface area contributed by atoms with Crippen LogP contribution in [-0.2, 0) is 19.1 Å². The number of carbonyl (C=O) groups is 2. The molecule has 0 aromatic rings. The summed E-state index contributed by atoms with van der Waals surface area (Å²) < 4.78 is 10.6. The van der Waals surface area contributed by atoms with E-state index in [-0.39, 0.29) is 25.2 Å². The first-order chi connectivity index (χ1) is 25.1. The van der Waals surface area contributed by atoms with Crippen molar-refractivity contribution < 1.29 is 24.2 Å². The molecule has 1 unspecified atom stereocenters. The van der Waals surface area contributed by atoms with Crippen LogP contribution in [0.5, 0.6) is 0 Å². The van der Waals surface area contributed by atoms with Gasteiger partial charge in [0, 0.05) is 12.8 Å². The van der Waals surface area contributed by atoms with Crippen LogP contribution in [-0.4, -0.2) is 36.4 Å². The molecule has 51 heavy (non-hydrogen) atoms. The third-order valence-corrected chi connectivity index (χ3v) is 9.70. The van der Waals surface area contributed by atoms with Crippen LogP contribution in [0.4, 0.5) is 0 Å². The van der Waals surface area contributed by atoms with Crippen LogP contribution in [0.2, 0.25) is 0 Å². The fourth-order valence-corrected chi connectivity index (χ4v) is 6.39. The van der Waals surface area contributed by atoms with Gasteiger partial charge in [-0.2, -0.15) is 0 Å². The van der Waals surface area contributed by atoms with Gasteiger partial charge in [0.05, 0.1) is 6.61 Å². The van der Waals surface area contributed by atoms with Crippen molar-refractivity contribution in [1.82, 2.24) is 0 Å². The highest BCUT2D eigenvalue weighted by molar-refractivity contribution is 5.70. The Bertz CT molecular complexity index is 816. The van der Waals surface area contributed by atoms with Gasteiger partial charge in [-0.15, -0.1) is 0 Å². The van der Waals surface area contributed by atoms with Crippen LogP contribution in [0.1, 0.15) is 226 Å². The normalized spacial score (nSPS) is 12.5. The molecule has 0 rings (SSSR count). The number of hydrogen-bond donors (Lipinski definition) is 1. The second-order valence-corrected chi connectivity index (χ2v) is 14.8. The molecule has 0 saturated heterocycles. The van der Waals surface area contributed by atoms with E-state index in [4.69, 9.17) is 9.47 Å². The fraction of sp³-hybridized carbons (Fsp3) is 0.826. The predicted octanol–water partition coefficient (Wildman–Crippen LogP) is 14.0. The maximum Gasteiger partial charge on any atom is 0.306 e. The Labute approximate surface area is 316 Å². The van der Waals surface area contributed by atoms with Crippen molar-refractivity contribution >= 4 is 11.9 Å². The first-order valence-corrected chi connectivity index (χ1v) is 22.0. The van der Waals surface area contributed by atoms with E-state index in [1.54, 1.807) is 0 Å². The average Bonchev–Trinajstić information content (AvgIpc) is 3.13. The number of unbranched alkanes of at least 4 members (excludes halogenated alkanes) is 26. The third kappa shape index (κ3) is 40.7. The quantitative estimate of drug-likeness (QED) is 0.0388. The summed E-state index contributed by atoms with van der Waals surface area (Å²) in [6.45, 7) is 4.04. The van der Waals surface area contributed by atoms with Gasteiger partial charge in [-0.3, -0.25) is 9.59 Å². The predicted molar refractivity (Wildman–Crippen MR) is 219 cm³/mol. The van der Waals surface area contributed by atoms with E-state index in [1.807, 2.05) is 0 Å². The highest BCUT2D eigenvalue weighted by Crippen LogP contribution is 2.16. The lowest BCUT2D eigenvalue weighted by Gasteiger charge is -2.15. The van der Waals surface area contributed by atoms with Crippen molar-refractivity contribution in [2.24, 2.45) is 0 Å². The first-order valence-electron chi connectivity index (χ1n) is 22.0. The first kappa shape index (κ1) is 49.1. The molecule has 298 valence electrons. The molecule has 5 heteroatoms. The zero-order chi connectivity index (χ0) is 37.1. The Kier molecular flexibility index (Phi) is 41.0. The summed E-state index contributed by atoms with van der Waals surface area (Å²) in [6, 6.07) is 0. The van der Waals surface area contributed by atoms with Crippen molar-refractivity contribution in [3.63, 3.8) is 0 Å². The van der Waals surface area contributed by atoms with Crippen molar-refractivity contribution in [3.05, 3.63) is 36.5 Å². The Hall–Kier alpha value is -1.88. The van der Waals surface area contributed by atoms with Crippen LogP contribution in [0.3, 0.4) is 0 Å². The molecule has 0 aromatic carbocycles. The Morgan fingerprint density at radius 2 is 0.843 bits per heavy atom. The van der Waals surface area contributed by atoms with E-state index < -0.39 is 6.10 Å². The van der Waals surface area contributed by atoms with Crippen LogP contribution in [0.15, 0.2) is 36.5 Å². The number of allylic oxidation sites excluding steroid dienone is 6. The smallest absolute Gasteiger partial charge is 0.306 e. The van der Waals surface area contributed by atoms with Crippen molar-refractivity contribution in [3.8, 4) is 0 Å². The molecule has 0 aliphatic rings. The molecule has 1 atom stereocenters. The molecule has 0 heterocycles. The Morgan fingerprint density at radius 1 is 0.471 bits per heavy atom. The SMILES string of the molecule is CC/C=C\C/C=C\C/C=C\CCCCCCCCCC(=O)OC(CO)COC(=O)CCCCCCCCCCCCCCCCCCCCCC. The summed E-state index contributed by atoms with van der Waals surface area (Å²) in [5.74, 6) is -0.593. The van der Waals surface area contributed by atoms with Crippen molar-refractivity contribution in [2.75, 3.05) is 13.2 Å². The minimum atomic E-state index is -0.774. The van der Waals surface area contributed by atoms with Gasteiger partial charge in [0.1, 0.15) is 6.61 Å². The lowest BCUT2D eigenvalue weighted by molar-refractivity contribution is -0.161. The van der Waals surface area contributed by atoms with Crippen LogP contribution < -0.4 is 0 Å². The largest absolute Gasteiger partial charge is 0.462 e. The van der Waals surface area contributed by atoms with Gasteiger partial charge < -0.3 is 14.6 Å². The van der Waals surface area contributed by atoms with Gasteiger partial charge >= 0.3 is 11.9 Å². The van der Waals surface area contributed by atoms with E-state index in [0.29, 0.717) is 12.8 Å². The van der Waals surface area contributed by atoms with Gasteiger partial charge in [-0.1, -0.05) is 204 Å². The molecular formula is C46H84O5. The van der Waals surface area contributed by atoms with Crippen LogP contribution >= 0.6 is 0 Å². The van der Waals surface area contributed by atoms with E-state index in [2.05, 4.69) is 50.3 Å². The number of rotatable bonds is 40. The second-order valence-electron chi connectivity index (χ2n) is 14.8. The maximum atomic E-state index is 12.2.